The lowest BCUT2D eigenvalue weighted by Crippen LogP contribution is -2.33. The molecule has 1 unspecified atom stereocenters. The molecule has 1 atom stereocenters. The molecule has 0 aliphatic heterocycles. The largest absolute Gasteiger partial charge is 0.508 e. The Hall–Kier alpha value is -2.04. The van der Waals surface area contributed by atoms with E-state index in [0.29, 0.717) is 0 Å². The van der Waals surface area contributed by atoms with Gasteiger partial charge in [-0.2, -0.15) is 0 Å². The molecule has 0 aliphatic rings. The van der Waals surface area contributed by atoms with Crippen molar-refractivity contribution in [3.8, 4) is 5.75 Å². The molecular formula is C14H19NO4. The number of aromatic hydroxyl groups is 1. The number of aryl methyl sites for hydroxylation is 1. The van der Waals surface area contributed by atoms with Crippen molar-refractivity contribution < 1.29 is 19.8 Å². The first-order valence-electron chi connectivity index (χ1n) is 6.26. The Morgan fingerprint density at radius 2 is 1.84 bits per heavy atom. The number of carbonyl (C=O) groups excluding carboxylic acids is 1. The maximum Gasteiger partial charge on any atom is 0.303 e. The smallest absolute Gasteiger partial charge is 0.303 e. The van der Waals surface area contributed by atoms with Crippen molar-refractivity contribution >= 4 is 11.9 Å². The summed E-state index contributed by atoms with van der Waals surface area (Å²) in [5, 5.41) is 20.4. The average molecular weight is 265 g/mol. The third kappa shape index (κ3) is 6.45. The van der Waals surface area contributed by atoms with Crippen molar-refractivity contribution in [2.45, 2.75) is 38.6 Å². The molecule has 0 saturated heterocycles. The quantitative estimate of drug-likeness (QED) is 0.700. The molecule has 0 bridgehead atoms. The van der Waals surface area contributed by atoms with Gasteiger partial charge in [-0.3, -0.25) is 9.59 Å². The molecule has 0 heterocycles. The number of rotatable bonds is 7. The molecule has 3 N–H and O–H groups in total. The predicted molar refractivity (Wildman–Crippen MR) is 70.9 cm³/mol. The number of carboxylic acid groups (broad SMARTS) is 1. The summed E-state index contributed by atoms with van der Waals surface area (Å²) < 4.78 is 0. The van der Waals surface area contributed by atoms with Gasteiger partial charge >= 0.3 is 5.97 Å². The van der Waals surface area contributed by atoms with Crippen LogP contribution in [0.2, 0.25) is 0 Å². The number of benzene rings is 1. The molecule has 104 valence electrons. The van der Waals surface area contributed by atoms with Gasteiger partial charge < -0.3 is 15.5 Å². The number of carboxylic acids is 1. The second-order valence-corrected chi connectivity index (χ2v) is 4.57. The first kappa shape index (κ1) is 15.0. The summed E-state index contributed by atoms with van der Waals surface area (Å²) in [5.74, 6) is -0.966. The van der Waals surface area contributed by atoms with E-state index in [1.165, 1.54) is 0 Å². The zero-order valence-electron chi connectivity index (χ0n) is 10.9. The Morgan fingerprint density at radius 1 is 1.21 bits per heavy atom. The van der Waals surface area contributed by atoms with Crippen LogP contribution in [-0.4, -0.2) is 28.1 Å². The number of phenolic OH excluding ortho intramolecular Hbond substituents is 1. The highest BCUT2D eigenvalue weighted by Gasteiger charge is 2.09. The molecule has 1 aromatic rings. The van der Waals surface area contributed by atoms with Gasteiger partial charge in [0.25, 0.3) is 0 Å². The molecule has 1 amide bonds. The Balaban J connectivity index is 2.27. The highest BCUT2D eigenvalue weighted by atomic mass is 16.4. The van der Waals surface area contributed by atoms with E-state index in [4.69, 9.17) is 10.2 Å². The van der Waals surface area contributed by atoms with Gasteiger partial charge in [-0.05, 0) is 37.5 Å². The monoisotopic (exact) mass is 265 g/mol. The maximum atomic E-state index is 11.4. The molecule has 5 heteroatoms. The van der Waals surface area contributed by atoms with E-state index in [1.54, 1.807) is 12.1 Å². The molecule has 1 rings (SSSR count). The Morgan fingerprint density at radius 3 is 2.42 bits per heavy atom. The second-order valence-electron chi connectivity index (χ2n) is 4.57. The van der Waals surface area contributed by atoms with E-state index in [2.05, 4.69) is 5.32 Å². The molecular weight excluding hydrogens is 246 g/mol. The first-order chi connectivity index (χ1) is 8.97. The predicted octanol–water partition coefficient (Wildman–Crippen LogP) is 1.69. The van der Waals surface area contributed by atoms with Crippen LogP contribution in [0, 0.1) is 0 Å². The van der Waals surface area contributed by atoms with E-state index in [1.807, 2.05) is 19.1 Å². The van der Waals surface area contributed by atoms with E-state index in [-0.39, 0.29) is 30.5 Å². The van der Waals surface area contributed by atoms with Crippen LogP contribution in [-0.2, 0) is 16.0 Å². The third-order valence-corrected chi connectivity index (χ3v) is 2.78. The molecule has 0 fully saturated rings. The fourth-order valence-corrected chi connectivity index (χ4v) is 1.69. The van der Waals surface area contributed by atoms with Crippen molar-refractivity contribution in [3.63, 3.8) is 0 Å². The fourth-order valence-electron chi connectivity index (χ4n) is 1.69. The number of amides is 1. The second kappa shape index (κ2) is 7.41. The summed E-state index contributed by atoms with van der Waals surface area (Å²) in [6.07, 6.45) is 1.43. The Kier molecular flexibility index (Phi) is 5.85. The summed E-state index contributed by atoms with van der Waals surface area (Å²) in [4.78, 5) is 21.7. The van der Waals surface area contributed by atoms with Crippen LogP contribution < -0.4 is 5.32 Å². The van der Waals surface area contributed by atoms with E-state index in [0.717, 1.165) is 18.4 Å². The lowest BCUT2D eigenvalue weighted by Gasteiger charge is -2.13. The molecule has 0 radical (unpaired) electrons. The van der Waals surface area contributed by atoms with Gasteiger partial charge in [0, 0.05) is 12.5 Å². The summed E-state index contributed by atoms with van der Waals surface area (Å²) in [5.41, 5.74) is 1.09. The minimum absolute atomic E-state index is 0.00454. The summed E-state index contributed by atoms with van der Waals surface area (Å²) in [7, 11) is 0. The van der Waals surface area contributed by atoms with Crippen molar-refractivity contribution in [2.24, 2.45) is 0 Å². The van der Waals surface area contributed by atoms with Gasteiger partial charge in [0.2, 0.25) is 5.91 Å². The van der Waals surface area contributed by atoms with Crippen molar-refractivity contribution in [1.29, 1.82) is 0 Å². The number of phenols is 1. The third-order valence-electron chi connectivity index (χ3n) is 2.78. The minimum Gasteiger partial charge on any atom is -0.508 e. The van der Waals surface area contributed by atoms with Crippen molar-refractivity contribution in [1.82, 2.24) is 5.32 Å². The zero-order chi connectivity index (χ0) is 14.3. The topological polar surface area (TPSA) is 86.6 Å². The highest BCUT2D eigenvalue weighted by Crippen LogP contribution is 2.11. The van der Waals surface area contributed by atoms with Crippen molar-refractivity contribution in [2.75, 3.05) is 0 Å². The van der Waals surface area contributed by atoms with Gasteiger partial charge in [-0.1, -0.05) is 12.1 Å². The van der Waals surface area contributed by atoms with Crippen LogP contribution in [0.3, 0.4) is 0 Å². The number of carbonyl (C=O) groups is 2. The van der Waals surface area contributed by atoms with Crippen LogP contribution in [0.1, 0.15) is 31.7 Å². The van der Waals surface area contributed by atoms with Crippen LogP contribution in [0.25, 0.3) is 0 Å². The zero-order valence-corrected chi connectivity index (χ0v) is 10.9. The van der Waals surface area contributed by atoms with Gasteiger partial charge in [0.1, 0.15) is 5.75 Å². The highest BCUT2D eigenvalue weighted by molar-refractivity contribution is 5.80. The molecule has 0 aliphatic carbocycles. The van der Waals surface area contributed by atoms with Gasteiger partial charge in [0.05, 0.1) is 6.42 Å². The minimum atomic E-state index is -0.966. The lowest BCUT2D eigenvalue weighted by atomic mass is 10.1. The van der Waals surface area contributed by atoms with E-state index in [9.17, 15) is 9.59 Å². The summed E-state index contributed by atoms with van der Waals surface area (Å²) in [6, 6.07) is 6.94. The maximum absolute atomic E-state index is 11.4. The number of nitrogens with one attached hydrogen (secondary N) is 1. The number of aliphatic carboxylic acids is 1. The normalized spacial score (nSPS) is 11.8. The molecule has 0 saturated carbocycles. The van der Waals surface area contributed by atoms with Gasteiger partial charge in [-0.15, -0.1) is 0 Å². The van der Waals surface area contributed by atoms with Crippen molar-refractivity contribution in [3.05, 3.63) is 29.8 Å². The summed E-state index contributed by atoms with van der Waals surface area (Å²) in [6.45, 7) is 1.89. The van der Waals surface area contributed by atoms with E-state index < -0.39 is 5.97 Å². The SMILES string of the molecule is CC(CCc1ccc(O)cc1)NC(=O)CCC(=O)O. The van der Waals surface area contributed by atoms with Crippen LogP contribution in [0.15, 0.2) is 24.3 Å². The molecule has 1 aromatic carbocycles. The van der Waals surface area contributed by atoms with Gasteiger partial charge in [-0.25, -0.2) is 0 Å². The first-order valence-corrected chi connectivity index (χ1v) is 6.26. The van der Waals surface area contributed by atoms with E-state index >= 15 is 0 Å². The molecule has 0 aromatic heterocycles. The number of hydrogen-bond donors (Lipinski definition) is 3. The fraction of sp³-hybridized carbons (Fsp3) is 0.429. The lowest BCUT2D eigenvalue weighted by molar-refractivity contribution is -0.138. The Labute approximate surface area is 112 Å². The van der Waals surface area contributed by atoms with Crippen LogP contribution in [0.5, 0.6) is 5.75 Å². The number of hydrogen-bond acceptors (Lipinski definition) is 3. The van der Waals surface area contributed by atoms with Gasteiger partial charge in [0.15, 0.2) is 0 Å². The molecule has 5 nitrogen and oxygen atoms in total. The molecule has 19 heavy (non-hydrogen) atoms. The summed E-state index contributed by atoms with van der Waals surface area (Å²) >= 11 is 0. The average Bonchev–Trinajstić information content (AvgIpc) is 2.36. The molecule has 0 spiro atoms. The van der Waals surface area contributed by atoms with Crippen LogP contribution in [0.4, 0.5) is 0 Å². The Bertz CT molecular complexity index is 428. The standard InChI is InChI=1S/C14H19NO4/c1-10(15-13(17)8-9-14(18)19)2-3-11-4-6-12(16)7-5-11/h4-7,10,16H,2-3,8-9H2,1H3,(H,15,17)(H,18,19). The van der Waals surface area contributed by atoms with Crippen LogP contribution >= 0.6 is 0 Å².